The van der Waals surface area contributed by atoms with E-state index in [0.717, 1.165) is 17.8 Å². The van der Waals surface area contributed by atoms with Gasteiger partial charge >= 0.3 is 0 Å². The molecule has 0 spiro atoms. The minimum atomic E-state index is 0.682. The van der Waals surface area contributed by atoms with Crippen LogP contribution in [0.5, 0.6) is 0 Å². The molecule has 1 fully saturated rings. The van der Waals surface area contributed by atoms with Crippen LogP contribution in [0.4, 0.5) is 0 Å². The van der Waals surface area contributed by atoms with Crippen LogP contribution in [0.25, 0.3) is 0 Å². The van der Waals surface area contributed by atoms with Crippen LogP contribution in [0, 0.1) is 23.2 Å². The molecule has 0 aromatic heterocycles. The molecule has 0 N–H and O–H groups in total. The van der Waals surface area contributed by atoms with Gasteiger partial charge < -0.3 is 0 Å². The summed E-state index contributed by atoms with van der Waals surface area (Å²) >= 11 is 0. The molecular weight excluding hydrogens is 204 g/mol. The Balaban J connectivity index is 2.44. The van der Waals surface area contributed by atoms with Crippen LogP contribution in [-0.4, -0.2) is 0 Å². The van der Waals surface area contributed by atoms with Gasteiger partial charge in [0.1, 0.15) is 0 Å². The third-order valence-electron chi connectivity index (χ3n) is 5.18. The Morgan fingerprint density at radius 2 is 1.76 bits per heavy atom. The first-order chi connectivity index (χ1) is 8.05. The first kappa shape index (κ1) is 15.1. The fourth-order valence-electron chi connectivity index (χ4n) is 4.53. The standard InChI is InChI=1S/C17H34/c1-6-8-10-12-17(5)13-15(4)16(17)14(3)11-9-7-2/h14-16H,6-13H2,1-5H3. The van der Waals surface area contributed by atoms with Gasteiger partial charge in [-0.2, -0.15) is 0 Å². The van der Waals surface area contributed by atoms with Crippen LogP contribution in [0.1, 0.15) is 86.0 Å². The second kappa shape index (κ2) is 6.81. The molecule has 102 valence electrons. The molecule has 1 saturated carbocycles. The maximum atomic E-state index is 2.57. The van der Waals surface area contributed by atoms with Crippen molar-refractivity contribution in [3.63, 3.8) is 0 Å². The minimum Gasteiger partial charge on any atom is -0.0654 e. The van der Waals surface area contributed by atoms with Gasteiger partial charge in [0.15, 0.2) is 0 Å². The number of hydrogen-bond donors (Lipinski definition) is 0. The van der Waals surface area contributed by atoms with E-state index >= 15 is 0 Å². The maximum Gasteiger partial charge on any atom is -0.0290 e. The first-order valence-electron chi connectivity index (χ1n) is 8.05. The van der Waals surface area contributed by atoms with Gasteiger partial charge in [0.25, 0.3) is 0 Å². The predicted octanol–water partition coefficient (Wildman–Crippen LogP) is 6.06. The van der Waals surface area contributed by atoms with E-state index < -0.39 is 0 Å². The van der Waals surface area contributed by atoms with Gasteiger partial charge in [-0.15, -0.1) is 0 Å². The monoisotopic (exact) mass is 238 g/mol. The predicted molar refractivity (Wildman–Crippen MR) is 78.2 cm³/mol. The molecule has 1 aliphatic carbocycles. The van der Waals surface area contributed by atoms with E-state index in [0.29, 0.717) is 5.41 Å². The van der Waals surface area contributed by atoms with Gasteiger partial charge in [0, 0.05) is 0 Å². The van der Waals surface area contributed by atoms with Crippen molar-refractivity contribution in [3.8, 4) is 0 Å². The molecule has 4 atom stereocenters. The van der Waals surface area contributed by atoms with Crippen molar-refractivity contribution in [1.82, 2.24) is 0 Å². The van der Waals surface area contributed by atoms with Crippen molar-refractivity contribution in [2.75, 3.05) is 0 Å². The van der Waals surface area contributed by atoms with Gasteiger partial charge in [-0.3, -0.25) is 0 Å². The van der Waals surface area contributed by atoms with Gasteiger partial charge in [-0.25, -0.2) is 0 Å². The third kappa shape index (κ3) is 3.73. The van der Waals surface area contributed by atoms with Crippen molar-refractivity contribution >= 4 is 0 Å². The molecule has 0 heteroatoms. The Morgan fingerprint density at radius 1 is 1.12 bits per heavy atom. The molecule has 4 unspecified atom stereocenters. The summed E-state index contributed by atoms with van der Waals surface area (Å²) in [6, 6.07) is 0. The van der Waals surface area contributed by atoms with E-state index in [9.17, 15) is 0 Å². The largest absolute Gasteiger partial charge is 0.0654 e. The molecule has 1 aliphatic rings. The minimum absolute atomic E-state index is 0.682. The maximum absolute atomic E-state index is 2.57. The molecule has 0 aliphatic heterocycles. The summed E-state index contributed by atoms with van der Waals surface area (Å²) in [5.41, 5.74) is 0.682. The molecular formula is C17H34. The zero-order chi connectivity index (χ0) is 12.9. The van der Waals surface area contributed by atoms with E-state index in [4.69, 9.17) is 0 Å². The summed E-state index contributed by atoms with van der Waals surface area (Å²) in [7, 11) is 0. The molecule has 0 aromatic rings. The Kier molecular flexibility index (Phi) is 6.03. The summed E-state index contributed by atoms with van der Waals surface area (Å²) in [5, 5.41) is 0. The number of hydrogen-bond acceptors (Lipinski definition) is 0. The SMILES string of the molecule is CCCCCC1(C)CC(C)C1C(C)CCCC. The average Bonchev–Trinajstić information content (AvgIpc) is 2.26. The Labute approximate surface area is 110 Å². The first-order valence-corrected chi connectivity index (χ1v) is 8.05. The topological polar surface area (TPSA) is 0 Å². The molecule has 17 heavy (non-hydrogen) atoms. The van der Waals surface area contributed by atoms with Crippen LogP contribution in [0.2, 0.25) is 0 Å². The highest BCUT2D eigenvalue weighted by Crippen LogP contribution is 2.57. The molecule has 0 nitrogen and oxygen atoms in total. The molecule has 1 rings (SSSR count). The van der Waals surface area contributed by atoms with Crippen molar-refractivity contribution in [3.05, 3.63) is 0 Å². The Hall–Kier alpha value is 0. The molecule has 0 heterocycles. The summed E-state index contributed by atoms with van der Waals surface area (Å²) in [6.45, 7) is 12.2. The van der Waals surface area contributed by atoms with E-state index in [-0.39, 0.29) is 0 Å². The third-order valence-corrected chi connectivity index (χ3v) is 5.18. The lowest BCUT2D eigenvalue weighted by Crippen LogP contribution is -2.48. The van der Waals surface area contributed by atoms with Crippen LogP contribution < -0.4 is 0 Å². The lowest BCUT2D eigenvalue weighted by atomic mass is 9.49. The van der Waals surface area contributed by atoms with Crippen LogP contribution in [0.3, 0.4) is 0 Å². The van der Waals surface area contributed by atoms with E-state index in [2.05, 4.69) is 34.6 Å². The number of unbranched alkanes of at least 4 members (excludes halogenated alkanes) is 3. The Bertz CT molecular complexity index is 208. The van der Waals surface area contributed by atoms with Crippen molar-refractivity contribution in [2.45, 2.75) is 86.0 Å². The second-order valence-electron chi connectivity index (χ2n) is 6.94. The lowest BCUT2D eigenvalue weighted by molar-refractivity contribution is -0.0638. The van der Waals surface area contributed by atoms with E-state index in [1.807, 2.05) is 0 Å². The van der Waals surface area contributed by atoms with Crippen LogP contribution >= 0.6 is 0 Å². The molecule has 0 radical (unpaired) electrons. The van der Waals surface area contributed by atoms with Gasteiger partial charge in [0.05, 0.1) is 0 Å². The summed E-state index contributed by atoms with van der Waals surface area (Å²) in [5.74, 6) is 2.93. The van der Waals surface area contributed by atoms with Crippen molar-refractivity contribution < 1.29 is 0 Å². The quantitative estimate of drug-likeness (QED) is 0.451. The van der Waals surface area contributed by atoms with Crippen LogP contribution in [0.15, 0.2) is 0 Å². The highest BCUT2D eigenvalue weighted by atomic mass is 14.5. The highest BCUT2D eigenvalue weighted by molar-refractivity contribution is 4.98. The van der Waals surface area contributed by atoms with Crippen LogP contribution in [-0.2, 0) is 0 Å². The van der Waals surface area contributed by atoms with E-state index in [1.165, 1.54) is 51.4 Å². The second-order valence-corrected chi connectivity index (χ2v) is 6.94. The average molecular weight is 238 g/mol. The zero-order valence-corrected chi connectivity index (χ0v) is 12.9. The zero-order valence-electron chi connectivity index (χ0n) is 12.9. The Morgan fingerprint density at radius 3 is 2.29 bits per heavy atom. The molecule has 0 amide bonds. The van der Waals surface area contributed by atoms with E-state index in [1.54, 1.807) is 0 Å². The summed E-state index contributed by atoms with van der Waals surface area (Å²) in [6.07, 6.45) is 11.4. The summed E-state index contributed by atoms with van der Waals surface area (Å²) < 4.78 is 0. The summed E-state index contributed by atoms with van der Waals surface area (Å²) in [4.78, 5) is 0. The normalized spacial score (nSPS) is 34.4. The van der Waals surface area contributed by atoms with Crippen molar-refractivity contribution in [1.29, 1.82) is 0 Å². The molecule has 0 aromatic carbocycles. The van der Waals surface area contributed by atoms with Gasteiger partial charge in [0.2, 0.25) is 0 Å². The van der Waals surface area contributed by atoms with Gasteiger partial charge in [-0.05, 0) is 36.0 Å². The smallest absolute Gasteiger partial charge is 0.0290 e. The lowest BCUT2D eigenvalue weighted by Gasteiger charge is -2.56. The number of rotatable bonds is 8. The highest BCUT2D eigenvalue weighted by Gasteiger charge is 2.49. The van der Waals surface area contributed by atoms with Crippen molar-refractivity contribution in [2.24, 2.45) is 23.2 Å². The molecule has 0 bridgehead atoms. The fraction of sp³-hybridized carbons (Fsp3) is 1.00. The van der Waals surface area contributed by atoms with Gasteiger partial charge in [-0.1, -0.05) is 73.1 Å². The molecule has 0 saturated heterocycles. The fourth-order valence-corrected chi connectivity index (χ4v) is 4.53.